The van der Waals surface area contributed by atoms with Crippen molar-refractivity contribution in [2.75, 3.05) is 19.3 Å². The lowest BCUT2D eigenvalue weighted by Gasteiger charge is -2.25. The van der Waals surface area contributed by atoms with E-state index in [4.69, 9.17) is 4.55 Å². The monoisotopic (exact) mass is 416 g/mol. The van der Waals surface area contributed by atoms with Crippen LogP contribution in [0.4, 0.5) is 4.39 Å². The van der Waals surface area contributed by atoms with Crippen molar-refractivity contribution in [2.24, 2.45) is 0 Å². The van der Waals surface area contributed by atoms with Crippen molar-refractivity contribution in [1.29, 1.82) is 0 Å². The highest BCUT2D eigenvalue weighted by Gasteiger charge is 2.24. The van der Waals surface area contributed by atoms with Gasteiger partial charge in [-0.25, -0.2) is 4.39 Å². The zero-order valence-electron chi connectivity index (χ0n) is 16.7. The van der Waals surface area contributed by atoms with Gasteiger partial charge in [-0.3, -0.25) is 4.55 Å². The van der Waals surface area contributed by atoms with Crippen molar-refractivity contribution in [1.82, 2.24) is 9.47 Å². The summed E-state index contributed by atoms with van der Waals surface area (Å²) in [6.45, 7) is 3.84. The number of benzene rings is 2. The highest BCUT2D eigenvalue weighted by Crippen LogP contribution is 2.35. The van der Waals surface area contributed by atoms with Crippen LogP contribution in [0, 0.1) is 12.7 Å². The van der Waals surface area contributed by atoms with Gasteiger partial charge in [-0.15, -0.1) is 0 Å². The summed E-state index contributed by atoms with van der Waals surface area (Å²) in [4.78, 5) is 2.28. The molecule has 0 radical (unpaired) electrons. The Balaban J connectivity index is 1.88. The largest absolute Gasteiger partial charge is 0.313 e. The maximum Gasteiger partial charge on any atom is 0.264 e. The molecule has 0 unspecified atom stereocenters. The Hall–Kier alpha value is -2.22. The van der Waals surface area contributed by atoms with Crippen LogP contribution in [0.25, 0.3) is 16.6 Å². The maximum atomic E-state index is 14.3. The van der Waals surface area contributed by atoms with E-state index in [9.17, 15) is 12.8 Å². The van der Waals surface area contributed by atoms with Crippen LogP contribution in [-0.4, -0.2) is 41.8 Å². The van der Waals surface area contributed by atoms with Crippen LogP contribution in [0.3, 0.4) is 0 Å². The number of halogens is 1. The van der Waals surface area contributed by atoms with E-state index in [2.05, 4.69) is 41.6 Å². The van der Waals surface area contributed by atoms with Crippen LogP contribution >= 0.6 is 0 Å². The number of aryl methyl sites for hydroxylation is 2. The lowest BCUT2D eigenvalue weighted by atomic mass is 10.0. The Kier molecular flexibility index (Phi) is 5.23. The molecule has 154 valence electrons. The summed E-state index contributed by atoms with van der Waals surface area (Å²) in [5.74, 6) is -0.632. The van der Waals surface area contributed by atoms with Gasteiger partial charge in [-0.05, 0) is 62.2 Å². The second-order valence-electron chi connectivity index (χ2n) is 7.93. The molecule has 0 spiro atoms. The molecule has 29 heavy (non-hydrogen) atoms. The number of hydrogen-bond acceptors (Lipinski definition) is 3. The second kappa shape index (κ2) is 7.55. The number of aromatic nitrogens is 1. The van der Waals surface area contributed by atoms with Gasteiger partial charge in [0.05, 0.1) is 17.0 Å². The first-order chi connectivity index (χ1) is 13.7. The molecule has 0 aliphatic carbocycles. The van der Waals surface area contributed by atoms with Crippen molar-refractivity contribution in [3.8, 4) is 5.69 Å². The van der Waals surface area contributed by atoms with Crippen LogP contribution < -0.4 is 0 Å². The average molecular weight is 417 g/mol. The fraction of sp³-hybridized carbons (Fsp3) is 0.364. The van der Waals surface area contributed by atoms with Crippen molar-refractivity contribution >= 4 is 21.0 Å². The van der Waals surface area contributed by atoms with Gasteiger partial charge >= 0.3 is 0 Å². The zero-order valence-corrected chi connectivity index (χ0v) is 17.5. The normalized spacial score (nSPS) is 15.0. The minimum absolute atomic E-state index is 0.278. The molecular weight excluding hydrogens is 391 g/mol. The molecule has 7 heteroatoms. The van der Waals surface area contributed by atoms with Crippen LogP contribution in [0.15, 0.2) is 36.4 Å². The van der Waals surface area contributed by atoms with E-state index in [-0.39, 0.29) is 18.0 Å². The van der Waals surface area contributed by atoms with Crippen LogP contribution in [0.5, 0.6) is 0 Å². The smallest absolute Gasteiger partial charge is 0.264 e. The number of nitrogens with zero attached hydrogens (tertiary/aromatic N) is 2. The van der Waals surface area contributed by atoms with E-state index in [1.807, 2.05) is 0 Å². The highest BCUT2D eigenvalue weighted by atomic mass is 32.2. The van der Waals surface area contributed by atoms with E-state index in [1.54, 1.807) is 6.07 Å². The molecule has 2 heterocycles. The molecule has 4 rings (SSSR count). The lowest BCUT2D eigenvalue weighted by molar-refractivity contribution is 0.311. The number of fused-ring (bicyclic) bond motifs is 3. The molecule has 1 aliphatic heterocycles. The van der Waals surface area contributed by atoms with Gasteiger partial charge in [0.2, 0.25) is 0 Å². The van der Waals surface area contributed by atoms with Gasteiger partial charge in [-0.2, -0.15) is 8.42 Å². The third kappa shape index (κ3) is 4.08. The Labute approximate surface area is 170 Å². The maximum absolute atomic E-state index is 14.3. The minimum Gasteiger partial charge on any atom is -0.313 e. The fourth-order valence-electron chi connectivity index (χ4n) is 4.28. The standard InChI is InChI=1S/C22H25FN2O3S/c1-15-5-8-20-18(12-15)19-14-24(2)10-9-21(19)25(20)22-13-17(23)7-6-16(22)4-3-11-29(26,27)28/h5-8,12-13H,3-4,9-11,14H2,1-2H3,(H,26,27,28). The van der Waals surface area contributed by atoms with Gasteiger partial charge in [-0.1, -0.05) is 17.7 Å². The van der Waals surface area contributed by atoms with Crippen LogP contribution in [0.2, 0.25) is 0 Å². The summed E-state index contributed by atoms with van der Waals surface area (Å²) in [7, 11) is -1.91. The number of hydrogen-bond donors (Lipinski definition) is 1. The highest BCUT2D eigenvalue weighted by molar-refractivity contribution is 7.85. The fourth-order valence-corrected chi connectivity index (χ4v) is 4.79. The molecule has 0 atom stereocenters. The molecule has 0 amide bonds. The minimum atomic E-state index is -4.02. The van der Waals surface area contributed by atoms with Gasteiger partial charge in [0.25, 0.3) is 10.1 Å². The predicted molar refractivity (Wildman–Crippen MR) is 113 cm³/mol. The van der Waals surface area contributed by atoms with E-state index < -0.39 is 10.1 Å². The summed E-state index contributed by atoms with van der Waals surface area (Å²) in [6, 6.07) is 11.0. The van der Waals surface area contributed by atoms with E-state index >= 15 is 0 Å². The summed E-state index contributed by atoms with van der Waals surface area (Å²) in [5, 5.41) is 1.18. The molecule has 1 aliphatic rings. The van der Waals surface area contributed by atoms with E-state index in [0.29, 0.717) is 6.42 Å². The summed E-state index contributed by atoms with van der Waals surface area (Å²) < 4.78 is 47.6. The van der Waals surface area contributed by atoms with Crippen molar-refractivity contribution in [3.05, 3.63) is 64.6 Å². The SMILES string of the molecule is Cc1ccc2c(c1)c1c(n2-c2cc(F)ccc2CCCS(=O)(=O)O)CCN(C)C1. The topological polar surface area (TPSA) is 62.5 Å². The van der Waals surface area contributed by atoms with E-state index in [0.717, 1.165) is 36.3 Å². The Morgan fingerprint density at radius 2 is 1.97 bits per heavy atom. The summed E-state index contributed by atoms with van der Waals surface area (Å²) >= 11 is 0. The van der Waals surface area contributed by atoms with Crippen LogP contribution in [0.1, 0.15) is 28.8 Å². The molecule has 0 bridgehead atoms. The molecule has 0 saturated heterocycles. The van der Waals surface area contributed by atoms with Gasteiger partial charge in [0, 0.05) is 30.6 Å². The first kappa shape index (κ1) is 20.1. The molecule has 1 aromatic heterocycles. The Morgan fingerprint density at radius 3 is 2.72 bits per heavy atom. The second-order valence-corrected chi connectivity index (χ2v) is 9.50. The van der Waals surface area contributed by atoms with Gasteiger partial charge in [0.15, 0.2) is 0 Å². The average Bonchev–Trinajstić information content (AvgIpc) is 2.95. The summed E-state index contributed by atoms with van der Waals surface area (Å²) in [6.07, 6.45) is 1.58. The quantitative estimate of drug-likeness (QED) is 0.641. The predicted octanol–water partition coefficient (Wildman–Crippen LogP) is 3.89. The zero-order chi connectivity index (χ0) is 20.8. The molecule has 0 fully saturated rings. The van der Waals surface area contributed by atoms with Crippen molar-refractivity contribution in [3.63, 3.8) is 0 Å². The van der Waals surface area contributed by atoms with E-state index in [1.165, 1.54) is 34.3 Å². The Morgan fingerprint density at radius 1 is 1.17 bits per heavy atom. The molecule has 2 aromatic carbocycles. The summed E-state index contributed by atoms with van der Waals surface area (Å²) in [5.41, 5.74) is 6.29. The molecule has 5 nitrogen and oxygen atoms in total. The third-order valence-electron chi connectivity index (χ3n) is 5.63. The molecule has 3 aromatic rings. The lowest BCUT2D eigenvalue weighted by Crippen LogP contribution is -2.27. The van der Waals surface area contributed by atoms with Crippen molar-refractivity contribution in [2.45, 2.75) is 32.7 Å². The molecule has 0 saturated carbocycles. The van der Waals surface area contributed by atoms with Gasteiger partial charge < -0.3 is 9.47 Å². The third-order valence-corrected chi connectivity index (χ3v) is 6.44. The van der Waals surface area contributed by atoms with Crippen molar-refractivity contribution < 1.29 is 17.4 Å². The first-order valence-corrected chi connectivity index (χ1v) is 11.4. The van der Waals surface area contributed by atoms with Crippen LogP contribution in [-0.2, 0) is 29.5 Å². The first-order valence-electron chi connectivity index (χ1n) is 9.78. The molecule has 1 N–H and O–H groups in total. The molecular formula is C22H25FN2O3S. The number of likely N-dealkylation sites (N-methyl/N-ethyl adjacent to an activating group) is 1. The van der Waals surface area contributed by atoms with Gasteiger partial charge in [0.1, 0.15) is 5.82 Å². The Bertz CT molecular complexity index is 1180. The number of rotatable bonds is 5.